The predicted molar refractivity (Wildman–Crippen MR) is 61.7 cm³/mol. The monoisotopic (exact) mass is 213 g/mol. The van der Waals surface area contributed by atoms with Gasteiger partial charge in [0.05, 0.1) is 0 Å². The minimum absolute atomic E-state index is 0.568. The molecule has 0 fully saturated rings. The van der Waals surface area contributed by atoms with E-state index in [4.69, 9.17) is 0 Å². The molecule has 1 aromatic rings. The van der Waals surface area contributed by atoms with Gasteiger partial charge < -0.3 is 10.6 Å². The van der Waals surface area contributed by atoms with Crippen molar-refractivity contribution in [2.24, 2.45) is 0 Å². The molecule has 0 aromatic carbocycles. The van der Waals surface area contributed by atoms with Gasteiger partial charge in [0.2, 0.25) is 0 Å². The Morgan fingerprint density at radius 2 is 2.21 bits per heavy atom. The smallest absolute Gasteiger partial charge is 0.107 e. The molecule has 0 bridgehead atoms. The SMILES string of the molecule is Cc1csc(CNCCNC(C)C)n1. The fourth-order valence-electron chi connectivity index (χ4n) is 1.13. The van der Waals surface area contributed by atoms with Gasteiger partial charge in [0, 0.05) is 36.8 Å². The average Bonchev–Trinajstić information content (AvgIpc) is 2.50. The summed E-state index contributed by atoms with van der Waals surface area (Å²) in [5, 5.41) is 9.97. The highest BCUT2D eigenvalue weighted by atomic mass is 32.1. The molecule has 0 aliphatic heterocycles. The van der Waals surface area contributed by atoms with Crippen LogP contribution < -0.4 is 10.6 Å². The Bertz CT molecular complexity index is 258. The van der Waals surface area contributed by atoms with Crippen LogP contribution in [0.2, 0.25) is 0 Å². The first-order valence-corrected chi connectivity index (χ1v) is 5.91. The lowest BCUT2D eigenvalue weighted by atomic mass is 10.4. The summed E-state index contributed by atoms with van der Waals surface area (Å²) < 4.78 is 0. The van der Waals surface area contributed by atoms with E-state index in [1.165, 1.54) is 5.01 Å². The molecule has 0 unspecified atom stereocenters. The molecule has 3 nitrogen and oxygen atoms in total. The van der Waals surface area contributed by atoms with Crippen LogP contribution >= 0.6 is 11.3 Å². The first-order valence-electron chi connectivity index (χ1n) is 5.03. The van der Waals surface area contributed by atoms with Crippen LogP contribution in [0.5, 0.6) is 0 Å². The summed E-state index contributed by atoms with van der Waals surface area (Å²) in [7, 11) is 0. The molecular weight excluding hydrogens is 194 g/mol. The largest absolute Gasteiger partial charge is 0.313 e. The van der Waals surface area contributed by atoms with Crippen LogP contribution in [0.1, 0.15) is 24.5 Å². The van der Waals surface area contributed by atoms with Crippen molar-refractivity contribution in [1.29, 1.82) is 0 Å². The summed E-state index contributed by atoms with van der Waals surface area (Å²) in [5.74, 6) is 0. The van der Waals surface area contributed by atoms with Crippen LogP contribution in [0, 0.1) is 6.92 Å². The van der Waals surface area contributed by atoms with Gasteiger partial charge in [-0.2, -0.15) is 0 Å². The fraction of sp³-hybridized carbons (Fsp3) is 0.700. The Morgan fingerprint density at radius 1 is 1.43 bits per heavy atom. The number of aromatic nitrogens is 1. The van der Waals surface area contributed by atoms with Gasteiger partial charge in [0.25, 0.3) is 0 Å². The number of hydrogen-bond acceptors (Lipinski definition) is 4. The molecule has 0 radical (unpaired) electrons. The summed E-state index contributed by atoms with van der Waals surface area (Å²) >= 11 is 1.72. The molecule has 0 saturated carbocycles. The molecule has 4 heteroatoms. The van der Waals surface area contributed by atoms with Crippen molar-refractivity contribution in [2.45, 2.75) is 33.4 Å². The second-order valence-electron chi connectivity index (χ2n) is 3.67. The zero-order valence-electron chi connectivity index (χ0n) is 9.13. The van der Waals surface area contributed by atoms with Crippen molar-refractivity contribution in [1.82, 2.24) is 15.6 Å². The lowest BCUT2D eigenvalue weighted by Gasteiger charge is -2.07. The Hall–Kier alpha value is -0.450. The summed E-state index contributed by atoms with van der Waals surface area (Å²) in [5.41, 5.74) is 1.12. The molecule has 0 spiro atoms. The van der Waals surface area contributed by atoms with E-state index in [2.05, 4.69) is 34.8 Å². The van der Waals surface area contributed by atoms with E-state index in [1.54, 1.807) is 11.3 Å². The Kier molecular flexibility index (Phi) is 5.07. The van der Waals surface area contributed by atoms with E-state index in [1.807, 2.05) is 6.92 Å². The van der Waals surface area contributed by atoms with Crippen LogP contribution in [0.25, 0.3) is 0 Å². The topological polar surface area (TPSA) is 37.0 Å². The minimum Gasteiger partial charge on any atom is -0.313 e. The maximum Gasteiger partial charge on any atom is 0.107 e. The summed E-state index contributed by atoms with van der Waals surface area (Å²) in [6, 6.07) is 0.568. The zero-order valence-corrected chi connectivity index (χ0v) is 9.95. The molecule has 14 heavy (non-hydrogen) atoms. The number of thiazole rings is 1. The van der Waals surface area contributed by atoms with Gasteiger partial charge in [-0.25, -0.2) is 4.98 Å². The molecule has 2 N–H and O–H groups in total. The van der Waals surface area contributed by atoms with E-state index < -0.39 is 0 Å². The number of nitrogens with one attached hydrogen (secondary N) is 2. The Morgan fingerprint density at radius 3 is 2.79 bits per heavy atom. The summed E-state index contributed by atoms with van der Waals surface area (Å²) in [6.07, 6.45) is 0. The Labute approximate surface area is 89.9 Å². The quantitative estimate of drug-likeness (QED) is 0.704. The van der Waals surface area contributed by atoms with E-state index in [-0.39, 0.29) is 0 Å². The average molecular weight is 213 g/mol. The molecule has 1 heterocycles. The second kappa shape index (κ2) is 6.11. The fourth-order valence-corrected chi connectivity index (χ4v) is 1.87. The van der Waals surface area contributed by atoms with Crippen LogP contribution in [-0.4, -0.2) is 24.1 Å². The molecule has 1 rings (SSSR count). The predicted octanol–water partition coefficient (Wildman–Crippen LogP) is 1.54. The lowest BCUT2D eigenvalue weighted by Crippen LogP contribution is -2.31. The first kappa shape index (κ1) is 11.6. The van der Waals surface area contributed by atoms with Crippen molar-refractivity contribution in [2.75, 3.05) is 13.1 Å². The van der Waals surface area contributed by atoms with E-state index in [0.29, 0.717) is 6.04 Å². The van der Waals surface area contributed by atoms with Gasteiger partial charge >= 0.3 is 0 Å². The van der Waals surface area contributed by atoms with Crippen LogP contribution in [0.15, 0.2) is 5.38 Å². The maximum atomic E-state index is 4.38. The van der Waals surface area contributed by atoms with Gasteiger partial charge in [0.1, 0.15) is 5.01 Å². The number of rotatable bonds is 6. The molecular formula is C10H19N3S. The van der Waals surface area contributed by atoms with Crippen molar-refractivity contribution in [3.8, 4) is 0 Å². The highest BCUT2D eigenvalue weighted by Gasteiger charge is 1.97. The van der Waals surface area contributed by atoms with E-state index in [9.17, 15) is 0 Å². The lowest BCUT2D eigenvalue weighted by molar-refractivity contribution is 0.555. The first-order chi connectivity index (χ1) is 6.68. The molecule has 0 aliphatic carbocycles. The minimum atomic E-state index is 0.568. The highest BCUT2D eigenvalue weighted by Crippen LogP contribution is 2.07. The van der Waals surface area contributed by atoms with Gasteiger partial charge in [0.15, 0.2) is 0 Å². The van der Waals surface area contributed by atoms with Crippen molar-refractivity contribution >= 4 is 11.3 Å². The van der Waals surface area contributed by atoms with Crippen LogP contribution in [0.4, 0.5) is 0 Å². The standard InChI is InChI=1S/C10H19N3S/c1-8(2)12-5-4-11-6-10-13-9(3)7-14-10/h7-8,11-12H,4-6H2,1-3H3. The van der Waals surface area contributed by atoms with Crippen molar-refractivity contribution in [3.05, 3.63) is 16.1 Å². The van der Waals surface area contributed by atoms with Gasteiger partial charge in [-0.3, -0.25) is 0 Å². The Balaban J connectivity index is 2.04. The van der Waals surface area contributed by atoms with E-state index >= 15 is 0 Å². The number of aryl methyl sites for hydroxylation is 1. The molecule has 0 atom stereocenters. The van der Waals surface area contributed by atoms with Crippen LogP contribution in [-0.2, 0) is 6.54 Å². The van der Waals surface area contributed by atoms with Crippen molar-refractivity contribution < 1.29 is 0 Å². The normalized spacial score (nSPS) is 11.1. The van der Waals surface area contributed by atoms with Gasteiger partial charge in [-0.05, 0) is 6.92 Å². The zero-order chi connectivity index (χ0) is 10.4. The van der Waals surface area contributed by atoms with Crippen molar-refractivity contribution in [3.63, 3.8) is 0 Å². The number of hydrogen-bond donors (Lipinski definition) is 2. The maximum absolute atomic E-state index is 4.38. The number of nitrogens with zero attached hydrogens (tertiary/aromatic N) is 1. The molecule has 1 aromatic heterocycles. The second-order valence-corrected chi connectivity index (χ2v) is 4.61. The molecule has 0 aliphatic rings. The highest BCUT2D eigenvalue weighted by molar-refractivity contribution is 7.09. The molecule has 0 amide bonds. The van der Waals surface area contributed by atoms with E-state index in [0.717, 1.165) is 25.3 Å². The third-order valence-corrected chi connectivity index (χ3v) is 2.76. The summed E-state index contributed by atoms with van der Waals surface area (Å²) in [6.45, 7) is 9.24. The van der Waals surface area contributed by atoms with Crippen LogP contribution in [0.3, 0.4) is 0 Å². The third kappa shape index (κ3) is 4.69. The third-order valence-electron chi connectivity index (χ3n) is 1.80. The molecule has 0 saturated heterocycles. The molecule has 80 valence electrons. The van der Waals surface area contributed by atoms with Gasteiger partial charge in [-0.15, -0.1) is 11.3 Å². The summed E-state index contributed by atoms with van der Waals surface area (Å²) in [4.78, 5) is 4.38. The van der Waals surface area contributed by atoms with Gasteiger partial charge in [-0.1, -0.05) is 13.8 Å².